The van der Waals surface area contributed by atoms with Gasteiger partial charge in [-0.2, -0.15) is 0 Å². The maximum atomic E-state index is 11.9. The van der Waals surface area contributed by atoms with E-state index in [1.54, 1.807) is 0 Å². The largest absolute Gasteiger partial charge is 0.372 e. The smallest absolute Gasteiger partial charge is 0.319 e. The van der Waals surface area contributed by atoms with Gasteiger partial charge in [0.25, 0.3) is 0 Å². The molecule has 2 aromatic rings. The van der Waals surface area contributed by atoms with Crippen LogP contribution in [0.1, 0.15) is 24.8 Å². The SMILES string of the molecule is O=C(NCc1ccc(N2CCCCC2)cc1)Nc1ccccc1. The molecule has 0 unspecified atom stereocenters. The zero-order valence-corrected chi connectivity index (χ0v) is 13.3. The first-order valence-corrected chi connectivity index (χ1v) is 8.25. The lowest BCUT2D eigenvalue weighted by Gasteiger charge is -2.28. The number of nitrogens with zero attached hydrogens (tertiary/aromatic N) is 1. The number of carbonyl (C=O) groups excluding carboxylic acids is 1. The van der Waals surface area contributed by atoms with Gasteiger partial charge in [-0.3, -0.25) is 0 Å². The topological polar surface area (TPSA) is 44.4 Å². The van der Waals surface area contributed by atoms with Crippen LogP contribution in [-0.2, 0) is 6.54 Å². The van der Waals surface area contributed by atoms with Gasteiger partial charge >= 0.3 is 6.03 Å². The van der Waals surface area contributed by atoms with E-state index < -0.39 is 0 Å². The van der Waals surface area contributed by atoms with Crippen molar-refractivity contribution in [2.45, 2.75) is 25.8 Å². The molecular formula is C19H23N3O. The van der Waals surface area contributed by atoms with Gasteiger partial charge in [-0.25, -0.2) is 4.79 Å². The number of carbonyl (C=O) groups is 1. The van der Waals surface area contributed by atoms with Crippen molar-refractivity contribution in [2.75, 3.05) is 23.3 Å². The molecule has 0 radical (unpaired) electrons. The molecule has 1 aliphatic heterocycles. The molecule has 1 aliphatic rings. The molecule has 0 aliphatic carbocycles. The van der Waals surface area contributed by atoms with E-state index in [9.17, 15) is 4.79 Å². The lowest BCUT2D eigenvalue weighted by Crippen LogP contribution is -2.29. The summed E-state index contributed by atoms with van der Waals surface area (Å²) in [7, 11) is 0. The average molecular weight is 309 g/mol. The van der Waals surface area contributed by atoms with E-state index in [0.717, 1.165) is 24.3 Å². The number of benzene rings is 2. The Morgan fingerprint density at radius 3 is 2.30 bits per heavy atom. The molecule has 0 atom stereocenters. The number of rotatable bonds is 4. The highest BCUT2D eigenvalue weighted by Crippen LogP contribution is 2.20. The maximum absolute atomic E-state index is 11.9. The molecule has 0 saturated carbocycles. The van der Waals surface area contributed by atoms with E-state index in [1.807, 2.05) is 30.3 Å². The van der Waals surface area contributed by atoms with Gasteiger partial charge in [0.2, 0.25) is 0 Å². The summed E-state index contributed by atoms with van der Waals surface area (Å²) in [6, 6.07) is 17.8. The molecule has 0 spiro atoms. The molecule has 1 fully saturated rings. The Morgan fingerprint density at radius 1 is 0.913 bits per heavy atom. The number of hydrogen-bond acceptors (Lipinski definition) is 2. The lowest BCUT2D eigenvalue weighted by atomic mass is 10.1. The van der Waals surface area contributed by atoms with Gasteiger partial charge in [0.05, 0.1) is 0 Å². The number of amides is 2. The van der Waals surface area contributed by atoms with E-state index in [0.29, 0.717) is 6.54 Å². The minimum absolute atomic E-state index is 0.184. The minimum atomic E-state index is -0.184. The summed E-state index contributed by atoms with van der Waals surface area (Å²) in [5.41, 5.74) is 3.18. The Morgan fingerprint density at radius 2 is 1.61 bits per heavy atom. The van der Waals surface area contributed by atoms with Gasteiger partial charge in [0, 0.05) is 31.0 Å². The summed E-state index contributed by atoms with van der Waals surface area (Å²) < 4.78 is 0. The van der Waals surface area contributed by atoms with E-state index in [-0.39, 0.29) is 6.03 Å². The predicted octanol–water partition coefficient (Wildman–Crippen LogP) is 4.00. The molecule has 2 amide bonds. The molecule has 0 aromatic heterocycles. The van der Waals surface area contributed by atoms with Crippen LogP contribution in [-0.4, -0.2) is 19.1 Å². The molecule has 120 valence electrons. The molecule has 0 bridgehead atoms. The van der Waals surface area contributed by atoms with Gasteiger partial charge in [-0.15, -0.1) is 0 Å². The van der Waals surface area contributed by atoms with Gasteiger partial charge < -0.3 is 15.5 Å². The summed E-state index contributed by atoms with van der Waals surface area (Å²) in [6.07, 6.45) is 3.90. The van der Waals surface area contributed by atoms with Gasteiger partial charge in [-0.05, 0) is 49.1 Å². The minimum Gasteiger partial charge on any atom is -0.372 e. The average Bonchev–Trinajstić information content (AvgIpc) is 2.62. The number of urea groups is 1. The van der Waals surface area contributed by atoms with Gasteiger partial charge in [0.15, 0.2) is 0 Å². The number of nitrogens with one attached hydrogen (secondary N) is 2. The van der Waals surface area contributed by atoms with Crippen molar-refractivity contribution in [3.63, 3.8) is 0 Å². The fourth-order valence-electron chi connectivity index (χ4n) is 2.86. The zero-order chi connectivity index (χ0) is 15.9. The number of hydrogen-bond donors (Lipinski definition) is 2. The highest BCUT2D eigenvalue weighted by Gasteiger charge is 2.10. The van der Waals surface area contributed by atoms with Gasteiger partial charge in [-0.1, -0.05) is 30.3 Å². The maximum Gasteiger partial charge on any atom is 0.319 e. The van der Waals surface area contributed by atoms with Crippen molar-refractivity contribution >= 4 is 17.4 Å². The van der Waals surface area contributed by atoms with Crippen LogP contribution in [0.2, 0.25) is 0 Å². The van der Waals surface area contributed by atoms with Crippen molar-refractivity contribution < 1.29 is 4.79 Å². The molecular weight excluding hydrogens is 286 g/mol. The standard InChI is InChI=1S/C19H23N3O/c23-19(21-17-7-3-1-4-8-17)20-15-16-9-11-18(12-10-16)22-13-5-2-6-14-22/h1,3-4,7-12H,2,5-6,13-15H2,(H2,20,21,23). The summed E-state index contributed by atoms with van der Waals surface area (Å²) >= 11 is 0. The van der Waals surface area contributed by atoms with Crippen LogP contribution in [0.5, 0.6) is 0 Å². The summed E-state index contributed by atoms with van der Waals surface area (Å²) in [4.78, 5) is 14.3. The third-order valence-electron chi connectivity index (χ3n) is 4.14. The molecule has 2 N–H and O–H groups in total. The second-order valence-corrected chi connectivity index (χ2v) is 5.89. The van der Waals surface area contributed by atoms with Crippen molar-refractivity contribution in [1.29, 1.82) is 0 Å². The third-order valence-corrected chi connectivity index (χ3v) is 4.14. The number of anilines is 2. The van der Waals surface area contributed by atoms with Crippen LogP contribution in [0.3, 0.4) is 0 Å². The Balaban J connectivity index is 1.49. The molecule has 23 heavy (non-hydrogen) atoms. The first-order chi connectivity index (χ1) is 11.3. The summed E-state index contributed by atoms with van der Waals surface area (Å²) in [6.45, 7) is 2.83. The van der Waals surface area contributed by atoms with E-state index in [1.165, 1.54) is 24.9 Å². The lowest BCUT2D eigenvalue weighted by molar-refractivity contribution is 0.251. The monoisotopic (exact) mass is 309 g/mol. The molecule has 2 aromatic carbocycles. The second kappa shape index (κ2) is 7.68. The quantitative estimate of drug-likeness (QED) is 0.896. The highest BCUT2D eigenvalue weighted by atomic mass is 16.2. The Bertz CT molecular complexity index is 619. The molecule has 4 nitrogen and oxygen atoms in total. The fraction of sp³-hybridized carbons (Fsp3) is 0.316. The zero-order valence-electron chi connectivity index (χ0n) is 13.3. The van der Waals surface area contributed by atoms with Crippen LogP contribution in [0.25, 0.3) is 0 Å². The number of piperidine rings is 1. The molecule has 3 rings (SSSR count). The second-order valence-electron chi connectivity index (χ2n) is 5.89. The van der Waals surface area contributed by atoms with Crippen LogP contribution in [0.15, 0.2) is 54.6 Å². The van der Waals surface area contributed by atoms with Gasteiger partial charge in [0.1, 0.15) is 0 Å². The van der Waals surface area contributed by atoms with Crippen molar-refractivity contribution in [2.24, 2.45) is 0 Å². The van der Waals surface area contributed by atoms with Crippen LogP contribution in [0, 0.1) is 0 Å². The summed E-state index contributed by atoms with van der Waals surface area (Å²) in [5.74, 6) is 0. The molecule has 1 saturated heterocycles. The molecule has 1 heterocycles. The first kappa shape index (κ1) is 15.4. The third kappa shape index (κ3) is 4.49. The molecule has 4 heteroatoms. The van der Waals surface area contributed by atoms with Crippen molar-refractivity contribution in [3.8, 4) is 0 Å². The Labute approximate surface area is 137 Å². The van der Waals surface area contributed by atoms with E-state index in [2.05, 4.69) is 39.8 Å². The highest BCUT2D eigenvalue weighted by molar-refractivity contribution is 5.89. The van der Waals surface area contributed by atoms with Crippen LogP contribution >= 0.6 is 0 Å². The summed E-state index contributed by atoms with van der Waals surface area (Å²) in [5, 5.41) is 5.70. The van der Waals surface area contributed by atoms with Crippen LogP contribution in [0.4, 0.5) is 16.2 Å². The van der Waals surface area contributed by atoms with Crippen LogP contribution < -0.4 is 15.5 Å². The number of para-hydroxylation sites is 1. The Hall–Kier alpha value is -2.49. The van der Waals surface area contributed by atoms with E-state index in [4.69, 9.17) is 0 Å². The fourth-order valence-corrected chi connectivity index (χ4v) is 2.86. The normalized spacial score (nSPS) is 14.3. The first-order valence-electron chi connectivity index (χ1n) is 8.25. The Kier molecular flexibility index (Phi) is 5.14. The predicted molar refractivity (Wildman–Crippen MR) is 94.8 cm³/mol. The van der Waals surface area contributed by atoms with Crippen molar-refractivity contribution in [1.82, 2.24) is 5.32 Å². The van der Waals surface area contributed by atoms with E-state index >= 15 is 0 Å². The van der Waals surface area contributed by atoms with Crippen molar-refractivity contribution in [3.05, 3.63) is 60.2 Å².